The molecule has 0 radical (unpaired) electrons. The Bertz CT molecular complexity index is 623. The molecule has 0 aliphatic carbocycles. The van der Waals surface area contributed by atoms with Gasteiger partial charge in [0, 0.05) is 18.7 Å². The zero-order chi connectivity index (χ0) is 16.7. The topological polar surface area (TPSA) is 40.5 Å². The van der Waals surface area contributed by atoms with Gasteiger partial charge in [-0.3, -0.25) is 4.79 Å². The molecule has 0 spiro atoms. The second kappa shape index (κ2) is 8.37. The third-order valence-electron chi connectivity index (χ3n) is 3.80. The number of hydrogen-bond acceptors (Lipinski definition) is 2. The van der Waals surface area contributed by atoms with Crippen LogP contribution in [0.5, 0.6) is 5.75 Å². The van der Waals surface area contributed by atoms with Crippen LogP contribution in [0.15, 0.2) is 54.6 Å². The van der Waals surface area contributed by atoms with Gasteiger partial charge in [0.05, 0.1) is 0 Å². The number of aromatic hydroxyl groups is 1. The van der Waals surface area contributed by atoms with Crippen molar-refractivity contribution in [2.45, 2.75) is 33.2 Å². The second-order valence-electron chi connectivity index (χ2n) is 6.30. The Labute approximate surface area is 138 Å². The van der Waals surface area contributed by atoms with E-state index in [1.807, 2.05) is 47.4 Å². The molecule has 1 N–H and O–H groups in total. The summed E-state index contributed by atoms with van der Waals surface area (Å²) in [6, 6.07) is 16.5. The van der Waals surface area contributed by atoms with E-state index in [1.54, 1.807) is 12.1 Å². The summed E-state index contributed by atoms with van der Waals surface area (Å²) in [6.07, 6.45) is 2.08. The number of rotatable bonds is 7. The lowest BCUT2D eigenvalue weighted by molar-refractivity contribution is 0.0738. The number of amides is 1. The van der Waals surface area contributed by atoms with Crippen LogP contribution in [-0.2, 0) is 6.54 Å². The molecule has 0 unspecified atom stereocenters. The monoisotopic (exact) mass is 311 g/mol. The minimum atomic E-state index is 0.0395. The molecule has 1 amide bonds. The number of carbonyl (C=O) groups excluding carboxylic acids is 1. The Balaban J connectivity index is 2.12. The largest absolute Gasteiger partial charge is 0.508 e. The number of phenols is 1. The maximum absolute atomic E-state index is 12.8. The number of nitrogens with zero attached hydrogens (tertiary/aromatic N) is 1. The van der Waals surface area contributed by atoms with E-state index in [2.05, 4.69) is 13.8 Å². The maximum Gasteiger partial charge on any atom is 0.254 e. The van der Waals surface area contributed by atoms with Crippen LogP contribution < -0.4 is 0 Å². The molecule has 3 heteroatoms. The molecule has 0 saturated heterocycles. The highest BCUT2D eigenvalue weighted by Gasteiger charge is 2.16. The van der Waals surface area contributed by atoms with E-state index in [-0.39, 0.29) is 11.7 Å². The van der Waals surface area contributed by atoms with Crippen LogP contribution >= 0.6 is 0 Å². The standard InChI is InChI=1S/C20H25NO2/c1-16(2)8-7-13-21(15-17-9-6-12-19(22)14-17)20(23)18-10-4-3-5-11-18/h3-6,9-12,14,16,22H,7-8,13,15H2,1-2H3. The van der Waals surface area contributed by atoms with Crippen LogP contribution in [0.2, 0.25) is 0 Å². The quantitative estimate of drug-likeness (QED) is 0.819. The van der Waals surface area contributed by atoms with Crippen LogP contribution in [0.3, 0.4) is 0 Å². The van der Waals surface area contributed by atoms with Crippen LogP contribution in [0.1, 0.15) is 42.6 Å². The smallest absolute Gasteiger partial charge is 0.254 e. The molecule has 0 saturated carbocycles. The highest BCUT2D eigenvalue weighted by Crippen LogP contribution is 2.16. The Morgan fingerprint density at radius 2 is 1.83 bits per heavy atom. The molecule has 2 rings (SSSR count). The maximum atomic E-state index is 12.8. The van der Waals surface area contributed by atoms with Crippen LogP contribution in [0, 0.1) is 5.92 Å². The molecule has 0 aromatic heterocycles. The second-order valence-corrected chi connectivity index (χ2v) is 6.30. The molecular weight excluding hydrogens is 286 g/mol. The van der Waals surface area contributed by atoms with Gasteiger partial charge in [0.25, 0.3) is 5.91 Å². The Morgan fingerprint density at radius 3 is 2.48 bits per heavy atom. The molecule has 2 aromatic carbocycles. The number of hydrogen-bond donors (Lipinski definition) is 1. The van der Waals surface area contributed by atoms with Crippen LogP contribution in [0.4, 0.5) is 0 Å². The molecule has 0 heterocycles. The van der Waals surface area contributed by atoms with Crippen LogP contribution in [0.25, 0.3) is 0 Å². The molecule has 2 aromatic rings. The van der Waals surface area contributed by atoms with E-state index >= 15 is 0 Å². The minimum absolute atomic E-state index is 0.0395. The van der Waals surface area contributed by atoms with Crippen molar-refractivity contribution in [3.8, 4) is 5.75 Å². The van der Waals surface area contributed by atoms with Crippen molar-refractivity contribution in [3.63, 3.8) is 0 Å². The fourth-order valence-electron chi connectivity index (χ4n) is 2.58. The van der Waals surface area contributed by atoms with E-state index in [4.69, 9.17) is 0 Å². The summed E-state index contributed by atoms with van der Waals surface area (Å²) in [6.45, 7) is 5.62. The van der Waals surface area contributed by atoms with Gasteiger partial charge in [-0.15, -0.1) is 0 Å². The van der Waals surface area contributed by atoms with Gasteiger partial charge in [0.2, 0.25) is 0 Å². The Kier molecular flexibility index (Phi) is 6.21. The summed E-state index contributed by atoms with van der Waals surface area (Å²) in [5.41, 5.74) is 1.65. The average molecular weight is 311 g/mol. The first kappa shape index (κ1) is 17.1. The fourth-order valence-corrected chi connectivity index (χ4v) is 2.58. The van der Waals surface area contributed by atoms with E-state index in [9.17, 15) is 9.90 Å². The third-order valence-corrected chi connectivity index (χ3v) is 3.80. The van der Waals surface area contributed by atoms with Crippen molar-refractivity contribution >= 4 is 5.91 Å². The van der Waals surface area contributed by atoms with Crippen molar-refractivity contribution < 1.29 is 9.90 Å². The SMILES string of the molecule is CC(C)CCCN(Cc1cccc(O)c1)C(=O)c1ccccc1. The molecular formula is C20H25NO2. The lowest BCUT2D eigenvalue weighted by atomic mass is 10.1. The van der Waals surface area contributed by atoms with Crippen molar-refractivity contribution in [2.75, 3.05) is 6.54 Å². The van der Waals surface area contributed by atoms with E-state index in [0.717, 1.165) is 24.9 Å². The molecule has 0 aliphatic rings. The van der Waals surface area contributed by atoms with Crippen molar-refractivity contribution in [1.29, 1.82) is 0 Å². The van der Waals surface area contributed by atoms with Gasteiger partial charge in [-0.2, -0.15) is 0 Å². The first-order chi connectivity index (χ1) is 11.1. The van der Waals surface area contributed by atoms with Gasteiger partial charge in [0.15, 0.2) is 0 Å². The first-order valence-electron chi connectivity index (χ1n) is 8.18. The van der Waals surface area contributed by atoms with Crippen LogP contribution in [-0.4, -0.2) is 22.5 Å². The van der Waals surface area contributed by atoms with E-state index < -0.39 is 0 Å². The predicted octanol–water partition coefficient (Wildman–Crippen LogP) is 4.47. The van der Waals surface area contributed by atoms with Gasteiger partial charge in [-0.1, -0.05) is 44.2 Å². The predicted molar refractivity (Wildman–Crippen MR) is 93.4 cm³/mol. The Hall–Kier alpha value is -2.29. The van der Waals surface area contributed by atoms with Gasteiger partial charge in [0.1, 0.15) is 5.75 Å². The normalized spacial score (nSPS) is 10.7. The van der Waals surface area contributed by atoms with Gasteiger partial charge >= 0.3 is 0 Å². The molecule has 122 valence electrons. The lowest BCUT2D eigenvalue weighted by Gasteiger charge is -2.23. The fraction of sp³-hybridized carbons (Fsp3) is 0.350. The molecule has 0 fully saturated rings. The van der Waals surface area contributed by atoms with E-state index in [1.165, 1.54) is 0 Å². The third kappa shape index (κ3) is 5.44. The summed E-state index contributed by atoms with van der Waals surface area (Å²) in [5, 5.41) is 9.63. The van der Waals surface area contributed by atoms with Crippen molar-refractivity contribution in [3.05, 3.63) is 65.7 Å². The minimum Gasteiger partial charge on any atom is -0.508 e. The number of benzene rings is 2. The Morgan fingerprint density at radius 1 is 1.09 bits per heavy atom. The summed E-state index contributed by atoms with van der Waals surface area (Å²) < 4.78 is 0. The van der Waals surface area contributed by atoms with Gasteiger partial charge in [-0.05, 0) is 48.6 Å². The summed E-state index contributed by atoms with van der Waals surface area (Å²) >= 11 is 0. The van der Waals surface area contributed by atoms with Gasteiger partial charge < -0.3 is 10.0 Å². The van der Waals surface area contributed by atoms with E-state index in [0.29, 0.717) is 18.0 Å². The first-order valence-corrected chi connectivity index (χ1v) is 8.18. The summed E-state index contributed by atoms with van der Waals surface area (Å²) in [5.74, 6) is 0.902. The summed E-state index contributed by atoms with van der Waals surface area (Å²) in [4.78, 5) is 14.6. The average Bonchev–Trinajstić information content (AvgIpc) is 2.54. The molecule has 0 atom stereocenters. The summed E-state index contributed by atoms with van der Waals surface area (Å²) in [7, 11) is 0. The highest BCUT2D eigenvalue weighted by molar-refractivity contribution is 5.94. The van der Waals surface area contributed by atoms with Gasteiger partial charge in [-0.25, -0.2) is 0 Å². The highest BCUT2D eigenvalue weighted by atomic mass is 16.3. The lowest BCUT2D eigenvalue weighted by Crippen LogP contribution is -2.31. The van der Waals surface area contributed by atoms with Crippen molar-refractivity contribution in [1.82, 2.24) is 4.90 Å². The zero-order valence-corrected chi connectivity index (χ0v) is 13.9. The number of carbonyl (C=O) groups is 1. The molecule has 23 heavy (non-hydrogen) atoms. The molecule has 3 nitrogen and oxygen atoms in total. The molecule has 0 bridgehead atoms. The van der Waals surface area contributed by atoms with Crippen molar-refractivity contribution in [2.24, 2.45) is 5.92 Å². The zero-order valence-electron chi connectivity index (χ0n) is 13.9. The molecule has 0 aliphatic heterocycles. The number of phenolic OH excluding ortho intramolecular Hbond substituents is 1.